The van der Waals surface area contributed by atoms with Crippen molar-refractivity contribution in [2.75, 3.05) is 0 Å². The predicted octanol–water partition coefficient (Wildman–Crippen LogP) is 4.79. The molecule has 0 aliphatic heterocycles. The minimum atomic E-state index is -2.65. The van der Waals surface area contributed by atoms with Gasteiger partial charge < -0.3 is 4.43 Å². The van der Waals surface area contributed by atoms with Crippen LogP contribution in [-0.4, -0.2) is 13.9 Å². The van der Waals surface area contributed by atoms with Crippen LogP contribution in [0.4, 0.5) is 0 Å². The first kappa shape index (κ1) is 18.9. The van der Waals surface area contributed by atoms with Crippen molar-refractivity contribution >= 4 is 18.7 Å². The lowest BCUT2D eigenvalue weighted by Gasteiger charge is -2.48. The molecule has 0 unspecified atom stereocenters. The number of benzene rings is 2. The predicted molar refractivity (Wildman–Crippen MR) is 110 cm³/mol. The van der Waals surface area contributed by atoms with Gasteiger partial charge in [0.15, 0.2) is 0 Å². The fraction of sp³-hybridized carbons (Fsp3) is 0.435. The van der Waals surface area contributed by atoms with Gasteiger partial charge in [0.25, 0.3) is 8.32 Å². The molecule has 0 bridgehead atoms. The van der Waals surface area contributed by atoms with Gasteiger partial charge in [0.05, 0.1) is 6.07 Å². The molecule has 0 radical (unpaired) electrons. The van der Waals surface area contributed by atoms with E-state index in [9.17, 15) is 5.26 Å². The summed E-state index contributed by atoms with van der Waals surface area (Å²) in [4.78, 5) is 0. The summed E-state index contributed by atoms with van der Waals surface area (Å²) in [5, 5.41) is 12.5. The highest BCUT2D eigenvalue weighted by molar-refractivity contribution is 6.99. The average molecular weight is 364 g/mol. The van der Waals surface area contributed by atoms with Crippen LogP contribution in [-0.2, 0) is 4.43 Å². The molecule has 1 aliphatic rings. The van der Waals surface area contributed by atoms with Crippen LogP contribution in [0, 0.1) is 11.3 Å². The lowest BCUT2D eigenvalue weighted by Crippen LogP contribution is -2.69. The van der Waals surface area contributed by atoms with Crippen LogP contribution in [0.1, 0.15) is 52.9 Å². The molecular formula is C23H29NOSi. The normalized spacial score (nSPS) is 17.5. The minimum Gasteiger partial charge on any atom is -0.389 e. The Hall–Kier alpha value is -1.89. The molecule has 0 N–H and O–H groups in total. The van der Waals surface area contributed by atoms with Gasteiger partial charge in [-0.05, 0) is 41.1 Å². The first-order valence-corrected chi connectivity index (χ1v) is 11.6. The third-order valence-corrected chi connectivity index (χ3v) is 10.7. The van der Waals surface area contributed by atoms with Crippen molar-refractivity contribution in [3.8, 4) is 6.07 Å². The third-order valence-electron chi connectivity index (χ3n) is 5.63. The number of rotatable bonds is 4. The Morgan fingerprint density at radius 2 is 1.31 bits per heavy atom. The minimum absolute atomic E-state index is 0.0863. The van der Waals surface area contributed by atoms with Gasteiger partial charge in [-0.2, -0.15) is 5.26 Å². The first-order chi connectivity index (χ1) is 12.4. The highest BCUT2D eigenvalue weighted by atomic mass is 28.4. The molecule has 0 spiro atoms. The lowest BCUT2D eigenvalue weighted by atomic mass is 9.86. The lowest BCUT2D eigenvalue weighted by molar-refractivity contribution is 0.0742. The molecule has 0 amide bonds. The molecule has 136 valence electrons. The second-order valence-electron chi connectivity index (χ2n) is 8.43. The fourth-order valence-electron chi connectivity index (χ4n) is 4.30. The Balaban J connectivity index is 2.23. The molecule has 1 aliphatic carbocycles. The Kier molecular flexibility index (Phi) is 5.36. The number of hydrogen-bond acceptors (Lipinski definition) is 2. The number of nitrogens with zero attached hydrogens (tertiary/aromatic N) is 1. The largest absolute Gasteiger partial charge is 0.389 e. The summed E-state index contributed by atoms with van der Waals surface area (Å²) >= 11 is 0. The molecule has 0 saturated heterocycles. The zero-order chi connectivity index (χ0) is 18.7. The van der Waals surface area contributed by atoms with E-state index >= 15 is 0 Å². The summed E-state index contributed by atoms with van der Waals surface area (Å²) < 4.78 is 7.13. The van der Waals surface area contributed by atoms with Gasteiger partial charge in [0, 0.05) is 0 Å². The Morgan fingerprint density at radius 1 is 0.846 bits per heavy atom. The third kappa shape index (κ3) is 3.36. The average Bonchev–Trinajstić information content (AvgIpc) is 2.67. The number of nitriles is 1. The monoisotopic (exact) mass is 363 g/mol. The maximum atomic E-state index is 10.1. The molecule has 0 heterocycles. The quantitative estimate of drug-likeness (QED) is 0.732. The molecule has 2 aromatic rings. The summed E-state index contributed by atoms with van der Waals surface area (Å²) in [6, 6.07) is 23.8. The van der Waals surface area contributed by atoms with Crippen LogP contribution in [0.3, 0.4) is 0 Å². The van der Waals surface area contributed by atoms with Gasteiger partial charge in [-0.3, -0.25) is 0 Å². The molecule has 0 aromatic heterocycles. The SMILES string of the molecule is CC(C)(C)[Si](OC1(C#N)CCCCC1)(c1ccccc1)c1ccccc1. The standard InChI is InChI=1S/C23H29NOSi/c1-22(2,3)26(20-13-7-4-8-14-20,21-15-9-5-10-16-21)25-23(19-24)17-11-6-12-18-23/h4-5,7-10,13-16H,6,11-12,17-18H2,1-3H3. The van der Waals surface area contributed by atoms with E-state index in [2.05, 4.69) is 87.5 Å². The van der Waals surface area contributed by atoms with Gasteiger partial charge in [-0.25, -0.2) is 0 Å². The topological polar surface area (TPSA) is 33.0 Å². The number of hydrogen-bond donors (Lipinski definition) is 0. The van der Waals surface area contributed by atoms with E-state index in [-0.39, 0.29) is 5.04 Å². The highest BCUT2D eigenvalue weighted by Crippen LogP contribution is 2.42. The summed E-state index contributed by atoms with van der Waals surface area (Å²) in [6.07, 6.45) is 5.03. The molecule has 3 rings (SSSR count). The van der Waals surface area contributed by atoms with Crippen molar-refractivity contribution in [3.05, 3.63) is 60.7 Å². The van der Waals surface area contributed by atoms with Crippen molar-refractivity contribution in [1.29, 1.82) is 5.26 Å². The van der Waals surface area contributed by atoms with Crippen molar-refractivity contribution in [1.82, 2.24) is 0 Å². The van der Waals surface area contributed by atoms with Crippen LogP contribution < -0.4 is 10.4 Å². The van der Waals surface area contributed by atoms with Crippen LogP contribution in [0.2, 0.25) is 5.04 Å². The van der Waals surface area contributed by atoms with Gasteiger partial charge in [0.1, 0.15) is 5.60 Å². The molecule has 26 heavy (non-hydrogen) atoms. The Labute approximate surface area is 159 Å². The zero-order valence-electron chi connectivity index (χ0n) is 16.2. The van der Waals surface area contributed by atoms with Crippen molar-refractivity contribution < 1.29 is 4.43 Å². The fourth-order valence-corrected chi connectivity index (χ4v) is 9.07. The van der Waals surface area contributed by atoms with E-state index in [0.717, 1.165) is 25.7 Å². The molecule has 0 atom stereocenters. The maximum Gasteiger partial charge on any atom is 0.263 e. The molecule has 2 nitrogen and oxygen atoms in total. The highest BCUT2D eigenvalue weighted by Gasteiger charge is 2.54. The van der Waals surface area contributed by atoms with Gasteiger partial charge in [0.2, 0.25) is 0 Å². The van der Waals surface area contributed by atoms with Gasteiger partial charge in [-0.1, -0.05) is 87.9 Å². The molecular weight excluding hydrogens is 334 g/mol. The van der Waals surface area contributed by atoms with Gasteiger partial charge in [-0.15, -0.1) is 0 Å². The summed E-state index contributed by atoms with van der Waals surface area (Å²) in [7, 11) is -2.65. The summed E-state index contributed by atoms with van der Waals surface area (Å²) in [6.45, 7) is 6.81. The van der Waals surface area contributed by atoms with Crippen molar-refractivity contribution in [3.63, 3.8) is 0 Å². The molecule has 3 heteroatoms. The van der Waals surface area contributed by atoms with E-state index in [1.165, 1.54) is 16.8 Å². The van der Waals surface area contributed by atoms with E-state index in [0.29, 0.717) is 0 Å². The van der Waals surface area contributed by atoms with Gasteiger partial charge >= 0.3 is 0 Å². The summed E-state index contributed by atoms with van der Waals surface area (Å²) in [5.41, 5.74) is -0.663. The summed E-state index contributed by atoms with van der Waals surface area (Å²) in [5.74, 6) is 0. The van der Waals surface area contributed by atoms with Crippen molar-refractivity contribution in [2.45, 2.75) is 63.5 Å². The molecule has 2 aromatic carbocycles. The molecule has 1 saturated carbocycles. The van der Waals surface area contributed by atoms with E-state index in [1.807, 2.05) is 0 Å². The van der Waals surface area contributed by atoms with Crippen LogP contribution in [0.15, 0.2) is 60.7 Å². The second kappa shape index (κ2) is 7.38. The Bertz CT molecular complexity index is 713. The maximum absolute atomic E-state index is 10.1. The second-order valence-corrected chi connectivity index (χ2v) is 12.7. The van der Waals surface area contributed by atoms with Crippen molar-refractivity contribution in [2.24, 2.45) is 0 Å². The Morgan fingerprint density at radius 3 is 1.69 bits per heavy atom. The van der Waals surface area contributed by atoms with E-state index in [1.54, 1.807) is 0 Å². The smallest absolute Gasteiger partial charge is 0.263 e. The van der Waals surface area contributed by atoms with Crippen LogP contribution in [0.25, 0.3) is 0 Å². The molecule has 1 fully saturated rings. The van der Waals surface area contributed by atoms with E-state index in [4.69, 9.17) is 4.43 Å². The first-order valence-electron chi connectivity index (χ1n) is 9.66. The zero-order valence-corrected chi connectivity index (χ0v) is 17.2. The van der Waals surface area contributed by atoms with Crippen LogP contribution in [0.5, 0.6) is 0 Å². The van der Waals surface area contributed by atoms with E-state index < -0.39 is 13.9 Å². The van der Waals surface area contributed by atoms with Crippen LogP contribution >= 0.6 is 0 Å².